The Morgan fingerprint density at radius 1 is 1.14 bits per heavy atom. The number of rotatable bonds is 6. The Balaban J connectivity index is 1.86. The van der Waals surface area contributed by atoms with Crippen LogP contribution in [0.4, 0.5) is 10.5 Å². The highest BCUT2D eigenvalue weighted by molar-refractivity contribution is 6.30. The number of hydrogen-bond donors (Lipinski definition) is 1. The molecule has 0 fully saturated rings. The summed E-state index contributed by atoms with van der Waals surface area (Å²) < 4.78 is 5.17. The third-order valence-corrected chi connectivity index (χ3v) is 5.02. The third kappa shape index (κ3) is 4.80. The van der Waals surface area contributed by atoms with E-state index < -0.39 is 0 Å². The maximum atomic E-state index is 12.8. The van der Waals surface area contributed by atoms with Crippen molar-refractivity contribution in [1.29, 1.82) is 0 Å². The van der Waals surface area contributed by atoms with Crippen molar-refractivity contribution in [2.24, 2.45) is 0 Å². The number of aromatic nitrogens is 1. The molecular formula is C22H24ClN3O2. The number of ether oxygens (including phenoxy) is 1. The van der Waals surface area contributed by atoms with Crippen molar-refractivity contribution in [1.82, 2.24) is 9.88 Å². The number of anilines is 1. The van der Waals surface area contributed by atoms with Gasteiger partial charge in [0.15, 0.2) is 0 Å². The predicted molar refractivity (Wildman–Crippen MR) is 114 cm³/mol. The first kappa shape index (κ1) is 20.1. The minimum Gasteiger partial charge on any atom is -0.383 e. The fraction of sp³-hybridized carbons (Fsp3) is 0.273. The van der Waals surface area contributed by atoms with Crippen LogP contribution in [-0.2, 0) is 11.3 Å². The molecule has 0 atom stereocenters. The Kier molecular flexibility index (Phi) is 6.49. The Morgan fingerprint density at radius 3 is 2.57 bits per heavy atom. The van der Waals surface area contributed by atoms with Gasteiger partial charge in [-0.15, -0.1) is 0 Å². The van der Waals surface area contributed by atoms with E-state index in [1.54, 1.807) is 12.0 Å². The summed E-state index contributed by atoms with van der Waals surface area (Å²) in [6.07, 6.45) is 0. The molecule has 0 aliphatic rings. The van der Waals surface area contributed by atoms with Crippen LogP contribution in [-0.4, -0.2) is 36.2 Å². The average molecular weight is 398 g/mol. The smallest absolute Gasteiger partial charge is 0.322 e. The Bertz CT molecular complexity index is 976. The molecule has 0 radical (unpaired) electrons. The summed E-state index contributed by atoms with van der Waals surface area (Å²) in [4.78, 5) is 19.0. The zero-order chi connectivity index (χ0) is 20.1. The molecule has 0 spiro atoms. The monoisotopic (exact) mass is 397 g/mol. The van der Waals surface area contributed by atoms with Gasteiger partial charge < -0.3 is 15.0 Å². The largest absolute Gasteiger partial charge is 0.383 e. The van der Waals surface area contributed by atoms with Crippen LogP contribution >= 0.6 is 11.6 Å². The van der Waals surface area contributed by atoms with Crippen molar-refractivity contribution in [3.8, 4) is 0 Å². The molecule has 5 nitrogen and oxygen atoms in total. The van der Waals surface area contributed by atoms with Crippen molar-refractivity contribution in [3.63, 3.8) is 0 Å². The second kappa shape index (κ2) is 9.04. The number of carbonyl (C=O) groups is 1. The van der Waals surface area contributed by atoms with Crippen LogP contribution in [0.5, 0.6) is 0 Å². The number of urea groups is 1. The van der Waals surface area contributed by atoms with Gasteiger partial charge in [0.2, 0.25) is 0 Å². The van der Waals surface area contributed by atoms with Gasteiger partial charge in [0.25, 0.3) is 0 Å². The summed E-state index contributed by atoms with van der Waals surface area (Å²) in [5.41, 5.74) is 4.77. The highest BCUT2D eigenvalue weighted by Crippen LogP contribution is 2.24. The van der Waals surface area contributed by atoms with E-state index in [1.165, 1.54) is 11.1 Å². The number of nitrogens with one attached hydrogen (secondary N) is 1. The minimum atomic E-state index is -0.209. The third-order valence-electron chi connectivity index (χ3n) is 4.70. The lowest BCUT2D eigenvalue weighted by Gasteiger charge is -2.23. The van der Waals surface area contributed by atoms with Crippen molar-refractivity contribution in [2.45, 2.75) is 20.4 Å². The van der Waals surface area contributed by atoms with Crippen molar-refractivity contribution >= 4 is 34.2 Å². The van der Waals surface area contributed by atoms with Gasteiger partial charge in [-0.25, -0.2) is 9.78 Å². The van der Waals surface area contributed by atoms with Crippen LogP contribution in [0.25, 0.3) is 10.9 Å². The zero-order valence-electron chi connectivity index (χ0n) is 16.3. The molecule has 0 bridgehead atoms. The summed E-state index contributed by atoms with van der Waals surface area (Å²) in [6, 6.07) is 15.3. The van der Waals surface area contributed by atoms with Gasteiger partial charge >= 0.3 is 6.03 Å². The van der Waals surface area contributed by atoms with E-state index in [4.69, 9.17) is 16.3 Å². The van der Waals surface area contributed by atoms with Crippen LogP contribution in [0.3, 0.4) is 0 Å². The van der Waals surface area contributed by atoms with E-state index >= 15 is 0 Å². The fourth-order valence-corrected chi connectivity index (χ4v) is 3.16. The van der Waals surface area contributed by atoms with Crippen molar-refractivity contribution in [3.05, 3.63) is 70.4 Å². The van der Waals surface area contributed by atoms with Gasteiger partial charge in [-0.05, 0) is 55.3 Å². The van der Waals surface area contributed by atoms with Gasteiger partial charge in [0.05, 0.1) is 18.7 Å². The van der Waals surface area contributed by atoms with E-state index in [-0.39, 0.29) is 6.03 Å². The van der Waals surface area contributed by atoms with E-state index in [9.17, 15) is 4.79 Å². The normalized spacial score (nSPS) is 10.9. The van der Waals surface area contributed by atoms with Gasteiger partial charge in [0.1, 0.15) is 5.15 Å². The van der Waals surface area contributed by atoms with Gasteiger partial charge in [0, 0.05) is 30.3 Å². The van der Waals surface area contributed by atoms with E-state index in [0.717, 1.165) is 22.2 Å². The second-order valence-electron chi connectivity index (χ2n) is 6.78. The number of pyridine rings is 1. The van der Waals surface area contributed by atoms with Gasteiger partial charge in [-0.1, -0.05) is 29.8 Å². The van der Waals surface area contributed by atoms with Crippen LogP contribution in [0.2, 0.25) is 5.15 Å². The van der Waals surface area contributed by atoms with Crippen LogP contribution in [0, 0.1) is 13.8 Å². The number of amides is 2. The van der Waals surface area contributed by atoms with Crippen LogP contribution in [0.15, 0.2) is 48.5 Å². The summed E-state index contributed by atoms with van der Waals surface area (Å²) in [5, 5.41) is 4.33. The topological polar surface area (TPSA) is 54.5 Å². The molecule has 0 aliphatic carbocycles. The Morgan fingerprint density at radius 2 is 1.86 bits per heavy atom. The first-order chi connectivity index (χ1) is 13.5. The molecule has 1 aromatic heterocycles. The summed E-state index contributed by atoms with van der Waals surface area (Å²) >= 11 is 6.44. The molecule has 1 heterocycles. The standard InChI is InChI=1S/C22H24ClN3O2/c1-15-11-17-13-18(21(23)25-20(17)12-16(15)2)14-26(9-10-28-3)22(27)24-19-7-5-4-6-8-19/h4-8,11-13H,9-10,14H2,1-3H3,(H,24,27). The number of methoxy groups -OCH3 is 1. The number of nitrogens with zero attached hydrogens (tertiary/aromatic N) is 2. The lowest BCUT2D eigenvalue weighted by molar-refractivity contribution is 0.153. The zero-order valence-corrected chi connectivity index (χ0v) is 17.1. The molecule has 0 saturated heterocycles. The second-order valence-corrected chi connectivity index (χ2v) is 7.14. The molecule has 2 amide bonds. The summed E-state index contributed by atoms with van der Waals surface area (Å²) in [6.45, 7) is 5.34. The lowest BCUT2D eigenvalue weighted by Crippen LogP contribution is -2.37. The molecule has 0 aliphatic heterocycles. The first-order valence-electron chi connectivity index (χ1n) is 9.14. The molecule has 1 N–H and O–H groups in total. The number of fused-ring (bicyclic) bond motifs is 1. The molecule has 0 saturated carbocycles. The molecule has 146 valence electrons. The fourth-order valence-electron chi connectivity index (χ4n) is 2.95. The molecule has 3 aromatic rings. The minimum absolute atomic E-state index is 0.209. The van der Waals surface area contributed by atoms with E-state index in [2.05, 4.69) is 30.2 Å². The summed E-state index contributed by atoms with van der Waals surface area (Å²) in [5.74, 6) is 0. The number of hydrogen-bond acceptors (Lipinski definition) is 3. The van der Waals surface area contributed by atoms with Crippen molar-refractivity contribution in [2.75, 3.05) is 25.6 Å². The molecule has 3 rings (SSSR count). The average Bonchev–Trinajstić information content (AvgIpc) is 2.67. The highest BCUT2D eigenvalue weighted by Gasteiger charge is 2.17. The van der Waals surface area contributed by atoms with Gasteiger partial charge in [-0.2, -0.15) is 0 Å². The molecule has 0 unspecified atom stereocenters. The lowest BCUT2D eigenvalue weighted by atomic mass is 10.0. The Hall–Kier alpha value is -2.63. The van der Waals surface area contributed by atoms with E-state index in [1.807, 2.05) is 42.5 Å². The van der Waals surface area contributed by atoms with Crippen LogP contribution in [0.1, 0.15) is 16.7 Å². The van der Waals surface area contributed by atoms with Crippen molar-refractivity contribution < 1.29 is 9.53 Å². The number of aryl methyl sites for hydroxylation is 2. The van der Waals surface area contributed by atoms with Gasteiger partial charge in [-0.3, -0.25) is 0 Å². The number of benzene rings is 2. The number of para-hydroxylation sites is 1. The molecule has 28 heavy (non-hydrogen) atoms. The predicted octanol–water partition coefficient (Wildman–Crippen LogP) is 5.19. The SMILES string of the molecule is COCCN(Cc1cc2cc(C)c(C)cc2nc1Cl)C(=O)Nc1ccccc1. The number of carbonyl (C=O) groups excluding carboxylic acids is 1. The molecule has 6 heteroatoms. The Labute approximate surface area is 170 Å². The maximum Gasteiger partial charge on any atom is 0.322 e. The first-order valence-corrected chi connectivity index (χ1v) is 9.52. The number of halogens is 1. The quantitative estimate of drug-likeness (QED) is 0.582. The summed E-state index contributed by atoms with van der Waals surface area (Å²) in [7, 11) is 1.61. The van der Waals surface area contributed by atoms with Crippen LogP contribution < -0.4 is 5.32 Å². The molecular weight excluding hydrogens is 374 g/mol. The molecule has 2 aromatic carbocycles. The van der Waals surface area contributed by atoms with E-state index in [0.29, 0.717) is 24.8 Å². The highest BCUT2D eigenvalue weighted by atomic mass is 35.5. The maximum absolute atomic E-state index is 12.8.